The number of hydrogen-bond acceptors (Lipinski definition) is 3. The summed E-state index contributed by atoms with van der Waals surface area (Å²) in [6.45, 7) is 5.97. The quantitative estimate of drug-likeness (QED) is 0.877. The zero-order chi connectivity index (χ0) is 16.9. The normalized spacial score (nSPS) is 16.1. The molecule has 1 saturated carbocycles. The van der Waals surface area contributed by atoms with E-state index in [2.05, 4.69) is 10.6 Å². The molecule has 23 heavy (non-hydrogen) atoms. The second kappa shape index (κ2) is 7.49. The van der Waals surface area contributed by atoms with Crippen LogP contribution >= 0.6 is 0 Å². The first-order chi connectivity index (χ1) is 10.9. The molecule has 0 unspecified atom stereocenters. The summed E-state index contributed by atoms with van der Waals surface area (Å²) in [5.41, 5.74) is 0.522. The molecule has 5 heteroatoms. The molecule has 0 spiro atoms. The number of alkyl carbamates (subject to hydrolysis) is 1. The van der Waals surface area contributed by atoms with Gasteiger partial charge >= 0.3 is 6.09 Å². The van der Waals surface area contributed by atoms with Crippen molar-refractivity contribution >= 4 is 12.0 Å². The first-order valence-corrected chi connectivity index (χ1v) is 8.14. The highest BCUT2D eigenvalue weighted by Crippen LogP contribution is 2.22. The fourth-order valence-corrected chi connectivity index (χ4v) is 2.40. The van der Waals surface area contributed by atoms with Crippen molar-refractivity contribution in [2.45, 2.75) is 58.7 Å². The van der Waals surface area contributed by atoms with Crippen molar-refractivity contribution in [3.8, 4) is 0 Å². The van der Waals surface area contributed by atoms with Crippen LogP contribution in [0.1, 0.15) is 45.6 Å². The number of benzene rings is 1. The third-order valence-corrected chi connectivity index (χ3v) is 4.05. The van der Waals surface area contributed by atoms with Gasteiger partial charge in [0, 0.05) is 6.04 Å². The predicted molar refractivity (Wildman–Crippen MR) is 88.8 cm³/mol. The van der Waals surface area contributed by atoms with Crippen molar-refractivity contribution < 1.29 is 14.3 Å². The van der Waals surface area contributed by atoms with Crippen LogP contribution in [-0.2, 0) is 16.1 Å². The molecular formula is C18H26N2O3. The maximum Gasteiger partial charge on any atom is 0.408 e. The van der Waals surface area contributed by atoms with Gasteiger partial charge in [0.1, 0.15) is 12.6 Å². The average Bonchev–Trinajstić information content (AvgIpc) is 2.46. The molecule has 2 rings (SSSR count). The van der Waals surface area contributed by atoms with Crippen LogP contribution in [0.25, 0.3) is 0 Å². The van der Waals surface area contributed by atoms with Crippen LogP contribution in [0.4, 0.5) is 4.79 Å². The highest BCUT2D eigenvalue weighted by Gasteiger charge is 2.35. The van der Waals surface area contributed by atoms with E-state index in [1.807, 2.05) is 51.1 Å². The molecule has 1 aliphatic rings. The summed E-state index contributed by atoms with van der Waals surface area (Å²) in [4.78, 5) is 24.5. The zero-order valence-corrected chi connectivity index (χ0v) is 14.1. The second-order valence-electron chi connectivity index (χ2n) is 7.14. The van der Waals surface area contributed by atoms with E-state index in [-0.39, 0.29) is 24.0 Å². The van der Waals surface area contributed by atoms with E-state index in [1.54, 1.807) is 0 Å². The molecule has 1 fully saturated rings. The Morgan fingerprint density at radius 1 is 1.22 bits per heavy atom. The molecule has 2 amide bonds. The van der Waals surface area contributed by atoms with E-state index in [9.17, 15) is 9.59 Å². The molecule has 1 aliphatic carbocycles. The smallest absolute Gasteiger partial charge is 0.408 e. The van der Waals surface area contributed by atoms with Gasteiger partial charge in [-0.1, -0.05) is 51.1 Å². The number of hydrogen-bond donors (Lipinski definition) is 2. The van der Waals surface area contributed by atoms with E-state index in [0.717, 1.165) is 24.8 Å². The van der Waals surface area contributed by atoms with Crippen LogP contribution in [0.2, 0.25) is 0 Å². The molecule has 1 atom stereocenters. The van der Waals surface area contributed by atoms with Crippen molar-refractivity contribution in [1.29, 1.82) is 0 Å². The van der Waals surface area contributed by atoms with Crippen LogP contribution in [0.15, 0.2) is 30.3 Å². The van der Waals surface area contributed by atoms with E-state index in [1.165, 1.54) is 0 Å². The lowest BCUT2D eigenvalue weighted by Crippen LogP contribution is -2.56. The number of amides is 2. The zero-order valence-electron chi connectivity index (χ0n) is 14.1. The van der Waals surface area contributed by atoms with Crippen molar-refractivity contribution in [2.75, 3.05) is 0 Å². The lowest BCUT2D eigenvalue weighted by molar-refractivity contribution is -0.126. The molecule has 0 bridgehead atoms. The summed E-state index contributed by atoms with van der Waals surface area (Å²) in [6.07, 6.45) is 2.61. The minimum absolute atomic E-state index is 0.140. The van der Waals surface area contributed by atoms with Gasteiger partial charge in [-0.15, -0.1) is 0 Å². The Kier molecular flexibility index (Phi) is 5.64. The SMILES string of the molecule is CC(C)(C)[C@H](NC(=O)OCc1ccccc1)C(=O)NC1CCC1. The number of ether oxygens (including phenoxy) is 1. The number of rotatable bonds is 5. The maximum atomic E-state index is 12.4. The van der Waals surface area contributed by atoms with Crippen LogP contribution in [0.5, 0.6) is 0 Å². The first-order valence-electron chi connectivity index (χ1n) is 8.14. The van der Waals surface area contributed by atoms with E-state index >= 15 is 0 Å². The molecular weight excluding hydrogens is 292 g/mol. The predicted octanol–water partition coefficient (Wildman–Crippen LogP) is 3.00. The van der Waals surface area contributed by atoms with Crippen molar-refractivity contribution in [1.82, 2.24) is 10.6 Å². The fraction of sp³-hybridized carbons (Fsp3) is 0.556. The Bertz CT molecular complexity index is 533. The van der Waals surface area contributed by atoms with Crippen molar-refractivity contribution in [3.63, 3.8) is 0 Å². The second-order valence-corrected chi connectivity index (χ2v) is 7.14. The van der Waals surface area contributed by atoms with Crippen molar-refractivity contribution in [2.24, 2.45) is 5.41 Å². The van der Waals surface area contributed by atoms with Gasteiger partial charge in [0.15, 0.2) is 0 Å². The van der Waals surface area contributed by atoms with E-state index in [4.69, 9.17) is 4.74 Å². The van der Waals surface area contributed by atoms with Gasteiger partial charge in [-0.25, -0.2) is 4.79 Å². The average molecular weight is 318 g/mol. The monoisotopic (exact) mass is 318 g/mol. The Hall–Kier alpha value is -2.04. The summed E-state index contributed by atoms with van der Waals surface area (Å²) >= 11 is 0. The van der Waals surface area contributed by atoms with Gasteiger partial charge < -0.3 is 15.4 Å². The lowest BCUT2D eigenvalue weighted by atomic mass is 9.85. The highest BCUT2D eigenvalue weighted by molar-refractivity contribution is 5.86. The summed E-state index contributed by atoms with van der Waals surface area (Å²) in [7, 11) is 0. The van der Waals surface area contributed by atoms with Gasteiger partial charge in [-0.2, -0.15) is 0 Å². The van der Waals surface area contributed by atoms with Gasteiger partial charge in [-0.05, 0) is 30.2 Å². The summed E-state index contributed by atoms with van der Waals surface area (Å²) in [6, 6.07) is 9.09. The maximum absolute atomic E-state index is 12.4. The molecule has 0 aromatic heterocycles. The Morgan fingerprint density at radius 2 is 1.87 bits per heavy atom. The van der Waals surface area contributed by atoms with Gasteiger partial charge in [0.2, 0.25) is 5.91 Å². The topological polar surface area (TPSA) is 67.4 Å². The summed E-state index contributed by atoms with van der Waals surface area (Å²) in [5.74, 6) is -0.140. The molecule has 0 saturated heterocycles. The molecule has 0 aliphatic heterocycles. The minimum Gasteiger partial charge on any atom is -0.445 e. The highest BCUT2D eigenvalue weighted by atomic mass is 16.5. The third kappa shape index (κ3) is 5.27. The largest absolute Gasteiger partial charge is 0.445 e. The van der Waals surface area contributed by atoms with Crippen LogP contribution in [0, 0.1) is 5.41 Å². The molecule has 5 nitrogen and oxygen atoms in total. The van der Waals surface area contributed by atoms with Gasteiger partial charge in [0.05, 0.1) is 0 Å². The van der Waals surface area contributed by atoms with E-state index < -0.39 is 12.1 Å². The first kappa shape index (κ1) is 17.3. The number of nitrogens with one attached hydrogen (secondary N) is 2. The van der Waals surface area contributed by atoms with Crippen LogP contribution < -0.4 is 10.6 Å². The van der Waals surface area contributed by atoms with Gasteiger partial charge in [0.25, 0.3) is 0 Å². The third-order valence-electron chi connectivity index (χ3n) is 4.05. The Morgan fingerprint density at radius 3 is 2.39 bits per heavy atom. The summed E-state index contributed by atoms with van der Waals surface area (Å²) in [5, 5.41) is 5.70. The lowest BCUT2D eigenvalue weighted by Gasteiger charge is -2.33. The van der Waals surface area contributed by atoms with Gasteiger partial charge in [-0.3, -0.25) is 4.79 Å². The molecule has 0 radical (unpaired) electrons. The van der Waals surface area contributed by atoms with Crippen LogP contribution in [-0.4, -0.2) is 24.1 Å². The summed E-state index contributed by atoms with van der Waals surface area (Å²) < 4.78 is 5.22. The molecule has 126 valence electrons. The molecule has 1 aromatic rings. The van der Waals surface area contributed by atoms with E-state index in [0.29, 0.717) is 0 Å². The van der Waals surface area contributed by atoms with Crippen LogP contribution in [0.3, 0.4) is 0 Å². The molecule has 1 aromatic carbocycles. The molecule has 0 heterocycles. The standard InChI is InChI=1S/C18H26N2O3/c1-18(2,3)15(16(21)19-14-10-7-11-14)20-17(22)23-12-13-8-5-4-6-9-13/h4-6,8-9,14-15H,7,10-12H2,1-3H3,(H,19,21)(H,20,22)/t15-/m1/s1. The Labute approximate surface area is 137 Å². The van der Waals surface area contributed by atoms with Crippen molar-refractivity contribution in [3.05, 3.63) is 35.9 Å². The number of carbonyl (C=O) groups excluding carboxylic acids is 2. The fourth-order valence-electron chi connectivity index (χ4n) is 2.40. The Balaban J connectivity index is 1.88. The number of carbonyl (C=O) groups is 2. The molecule has 2 N–H and O–H groups in total. The minimum atomic E-state index is -0.619.